The molecule has 0 saturated carbocycles. The summed E-state index contributed by atoms with van der Waals surface area (Å²) in [7, 11) is 3.67. The van der Waals surface area contributed by atoms with Gasteiger partial charge in [0.2, 0.25) is 5.91 Å². The summed E-state index contributed by atoms with van der Waals surface area (Å²) in [5.41, 5.74) is 0.868. The highest BCUT2D eigenvalue weighted by Crippen LogP contribution is 2.15. The van der Waals surface area contributed by atoms with Crippen LogP contribution in [0.25, 0.3) is 0 Å². The van der Waals surface area contributed by atoms with Gasteiger partial charge in [-0.25, -0.2) is 0 Å². The minimum atomic E-state index is -0.0815. The van der Waals surface area contributed by atoms with Crippen LogP contribution in [0.1, 0.15) is 5.69 Å². The van der Waals surface area contributed by atoms with E-state index >= 15 is 0 Å². The van der Waals surface area contributed by atoms with E-state index in [4.69, 9.17) is 16.3 Å². The van der Waals surface area contributed by atoms with Gasteiger partial charge in [-0.3, -0.25) is 14.4 Å². The lowest BCUT2D eigenvalue weighted by Gasteiger charge is -2.16. The fourth-order valence-corrected chi connectivity index (χ4v) is 2.21. The molecule has 124 valence electrons. The quantitative estimate of drug-likeness (QED) is 0.843. The summed E-state index contributed by atoms with van der Waals surface area (Å²) in [6, 6.07) is 9.04. The number of anilines is 1. The van der Waals surface area contributed by atoms with E-state index in [1.807, 2.05) is 37.1 Å². The number of likely N-dealkylation sites (N-methyl/N-ethyl adjacent to an activating group) is 1. The molecule has 1 N–H and O–H groups in total. The number of benzene rings is 1. The average molecular weight is 337 g/mol. The molecule has 0 unspecified atom stereocenters. The predicted octanol–water partition coefficient (Wildman–Crippen LogP) is 2.33. The maximum Gasteiger partial charge on any atom is 0.239 e. The predicted molar refractivity (Wildman–Crippen MR) is 91.0 cm³/mol. The Balaban J connectivity index is 1.71. The molecule has 2 rings (SSSR count). The fourth-order valence-electron chi connectivity index (χ4n) is 2.08. The second-order valence-electron chi connectivity index (χ2n) is 5.38. The van der Waals surface area contributed by atoms with E-state index < -0.39 is 0 Å². The van der Waals surface area contributed by atoms with Gasteiger partial charge in [0.25, 0.3) is 0 Å². The molecule has 0 aliphatic rings. The number of nitrogens with one attached hydrogen (secondary N) is 1. The van der Waals surface area contributed by atoms with Gasteiger partial charge in [0, 0.05) is 24.7 Å². The first kappa shape index (κ1) is 17.3. The molecule has 0 fully saturated rings. The number of ether oxygens (including phenoxy) is 1. The van der Waals surface area contributed by atoms with Crippen molar-refractivity contribution < 1.29 is 9.53 Å². The number of amides is 1. The standard InChI is InChI=1S/C16H21ClN4O2/c1-12-10-15(21(3)19-12)18-16(22)11-20(2)8-9-23-14-6-4-13(17)5-7-14/h4-7,10H,8-9,11H2,1-3H3,(H,18,22). The molecule has 2 aromatic rings. The van der Waals surface area contributed by atoms with Crippen molar-refractivity contribution in [1.82, 2.24) is 14.7 Å². The normalized spacial score (nSPS) is 10.8. The van der Waals surface area contributed by atoms with Gasteiger partial charge in [0.05, 0.1) is 12.2 Å². The summed E-state index contributed by atoms with van der Waals surface area (Å²) >= 11 is 5.82. The van der Waals surface area contributed by atoms with E-state index in [-0.39, 0.29) is 12.5 Å². The molecule has 1 aromatic carbocycles. The number of nitrogens with zero attached hydrogens (tertiary/aromatic N) is 3. The van der Waals surface area contributed by atoms with Crippen LogP contribution in [-0.4, -0.2) is 47.3 Å². The van der Waals surface area contributed by atoms with Crippen molar-refractivity contribution >= 4 is 23.3 Å². The van der Waals surface area contributed by atoms with Gasteiger partial charge < -0.3 is 10.1 Å². The third kappa shape index (κ3) is 5.58. The molecule has 1 heterocycles. The lowest BCUT2D eigenvalue weighted by molar-refractivity contribution is -0.117. The number of aryl methyl sites for hydroxylation is 2. The third-order valence-corrected chi connectivity index (χ3v) is 3.49. The van der Waals surface area contributed by atoms with Gasteiger partial charge in [-0.1, -0.05) is 11.6 Å². The summed E-state index contributed by atoms with van der Waals surface area (Å²) in [4.78, 5) is 13.9. The van der Waals surface area contributed by atoms with Gasteiger partial charge in [0.15, 0.2) is 0 Å². The topological polar surface area (TPSA) is 59.4 Å². The minimum absolute atomic E-state index is 0.0815. The van der Waals surface area contributed by atoms with E-state index in [9.17, 15) is 4.79 Å². The molecule has 23 heavy (non-hydrogen) atoms. The van der Waals surface area contributed by atoms with Crippen LogP contribution in [0.3, 0.4) is 0 Å². The van der Waals surface area contributed by atoms with E-state index in [1.165, 1.54) is 0 Å². The highest BCUT2D eigenvalue weighted by molar-refractivity contribution is 6.30. The molecule has 0 atom stereocenters. The second kappa shape index (κ2) is 7.99. The van der Waals surface area contributed by atoms with Gasteiger partial charge in [-0.05, 0) is 38.2 Å². The number of hydrogen-bond acceptors (Lipinski definition) is 4. The van der Waals surface area contributed by atoms with Gasteiger partial charge in [-0.15, -0.1) is 0 Å². The minimum Gasteiger partial charge on any atom is -0.492 e. The van der Waals surface area contributed by atoms with Crippen LogP contribution in [0.15, 0.2) is 30.3 Å². The van der Waals surface area contributed by atoms with Gasteiger partial charge in [-0.2, -0.15) is 5.10 Å². The van der Waals surface area contributed by atoms with E-state index in [0.717, 1.165) is 11.4 Å². The SMILES string of the molecule is Cc1cc(NC(=O)CN(C)CCOc2ccc(Cl)cc2)n(C)n1. The van der Waals surface area contributed by atoms with Crippen molar-refractivity contribution in [2.45, 2.75) is 6.92 Å². The Morgan fingerprint density at radius 2 is 2.09 bits per heavy atom. The Bertz CT molecular complexity index is 655. The number of carbonyl (C=O) groups excluding carboxylic acids is 1. The van der Waals surface area contributed by atoms with Crippen molar-refractivity contribution in [2.75, 3.05) is 32.1 Å². The third-order valence-electron chi connectivity index (χ3n) is 3.24. The van der Waals surface area contributed by atoms with Crippen molar-refractivity contribution in [2.24, 2.45) is 7.05 Å². The summed E-state index contributed by atoms with van der Waals surface area (Å²) in [5.74, 6) is 1.37. The first-order valence-corrected chi connectivity index (χ1v) is 7.69. The van der Waals surface area contributed by atoms with Crippen molar-refractivity contribution in [3.8, 4) is 5.75 Å². The highest BCUT2D eigenvalue weighted by Gasteiger charge is 2.10. The number of hydrogen-bond donors (Lipinski definition) is 1. The smallest absolute Gasteiger partial charge is 0.239 e. The van der Waals surface area contributed by atoms with Crippen LogP contribution in [-0.2, 0) is 11.8 Å². The molecule has 0 spiro atoms. The van der Waals surface area contributed by atoms with Crippen LogP contribution in [0, 0.1) is 6.92 Å². The Hall–Kier alpha value is -2.05. The zero-order chi connectivity index (χ0) is 16.8. The highest BCUT2D eigenvalue weighted by atomic mass is 35.5. The summed E-state index contributed by atoms with van der Waals surface area (Å²) in [6.45, 7) is 3.31. The fraction of sp³-hybridized carbons (Fsp3) is 0.375. The molecule has 0 aliphatic carbocycles. The maximum absolute atomic E-state index is 12.0. The molecule has 6 nitrogen and oxygen atoms in total. The van der Waals surface area contributed by atoms with Crippen LogP contribution in [0.2, 0.25) is 5.02 Å². The van der Waals surface area contributed by atoms with E-state index in [0.29, 0.717) is 24.0 Å². The Kier molecular flexibility index (Phi) is 6.01. The molecular weight excluding hydrogens is 316 g/mol. The van der Waals surface area contributed by atoms with E-state index in [1.54, 1.807) is 23.9 Å². The molecule has 7 heteroatoms. The first-order valence-electron chi connectivity index (χ1n) is 7.31. The van der Waals surface area contributed by atoms with Crippen molar-refractivity contribution in [3.63, 3.8) is 0 Å². The van der Waals surface area contributed by atoms with Crippen LogP contribution >= 0.6 is 11.6 Å². The van der Waals surface area contributed by atoms with Crippen molar-refractivity contribution in [3.05, 3.63) is 41.0 Å². The zero-order valence-corrected chi connectivity index (χ0v) is 14.3. The molecule has 0 bridgehead atoms. The second-order valence-corrected chi connectivity index (χ2v) is 5.82. The van der Waals surface area contributed by atoms with Gasteiger partial charge >= 0.3 is 0 Å². The van der Waals surface area contributed by atoms with Crippen LogP contribution in [0.4, 0.5) is 5.82 Å². The Labute approximate surface area is 141 Å². The summed E-state index contributed by atoms with van der Waals surface area (Å²) in [6.07, 6.45) is 0. The average Bonchev–Trinajstić information content (AvgIpc) is 2.78. The number of aromatic nitrogens is 2. The maximum atomic E-state index is 12.0. The number of carbonyl (C=O) groups is 1. The largest absolute Gasteiger partial charge is 0.492 e. The Morgan fingerprint density at radius 1 is 1.39 bits per heavy atom. The Morgan fingerprint density at radius 3 is 2.70 bits per heavy atom. The zero-order valence-electron chi connectivity index (χ0n) is 13.5. The molecule has 0 radical (unpaired) electrons. The lowest BCUT2D eigenvalue weighted by atomic mass is 10.3. The summed E-state index contributed by atoms with van der Waals surface area (Å²) in [5, 5.41) is 7.71. The molecule has 0 aliphatic heterocycles. The summed E-state index contributed by atoms with van der Waals surface area (Å²) < 4.78 is 7.26. The molecular formula is C16H21ClN4O2. The number of halogens is 1. The molecule has 0 saturated heterocycles. The van der Waals surface area contributed by atoms with Crippen LogP contribution < -0.4 is 10.1 Å². The lowest BCUT2D eigenvalue weighted by Crippen LogP contribution is -2.33. The van der Waals surface area contributed by atoms with Crippen molar-refractivity contribution in [1.29, 1.82) is 0 Å². The van der Waals surface area contributed by atoms with E-state index in [2.05, 4.69) is 10.4 Å². The van der Waals surface area contributed by atoms with Crippen LogP contribution in [0.5, 0.6) is 5.75 Å². The monoisotopic (exact) mass is 336 g/mol. The number of rotatable bonds is 7. The molecule has 1 aromatic heterocycles. The van der Waals surface area contributed by atoms with Gasteiger partial charge in [0.1, 0.15) is 18.2 Å². The molecule has 1 amide bonds. The first-order chi connectivity index (χ1) is 10.9.